The first-order valence-corrected chi connectivity index (χ1v) is 7.12. The Balaban J connectivity index is 2.35. The van der Waals surface area contributed by atoms with Crippen LogP contribution in [-0.2, 0) is 14.8 Å². The predicted molar refractivity (Wildman–Crippen MR) is 68.4 cm³/mol. The summed E-state index contributed by atoms with van der Waals surface area (Å²) >= 11 is 0. The first-order chi connectivity index (χ1) is 8.43. The molecule has 1 aromatic carbocycles. The molecule has 7 heteroatoms. The first kappa shape index (κ1) is 12.7. The average molecular weight is 270 g/mol. The number of likely N-dealkylation sites (N-methyl/N-ethyl adjacent to an activating group) is 1. The van der Waals surface area contributed by atoms with Gasteiger partial charge < -0.3 is 9.64 Å². The van der Waals surface area contributed by atoms with Gasteiger partial charge in [0.15, 0.2) is 6.61 Å². The van der Waals surface area contributed by atoms with Crippen LogP contribution in [0.3, 0.4) is 0 Å². The van der Waals surface area contributed by atoms with Crippen LogP contribution < -0.4 is 14.4 Å². The van der Waals surface area contributed by atoms with E-state index in [4.69, 9.17) is 4.74 Å². The molecule has 18 heavy (non-hydrogen) atoms. The number of carbonyl (C=O) groups excluding carboxylic acids is 1. The van der Waals surface area contributed by atoms with Crippen molar-refractivity contribution in [3.8, 4) is 5.75 Å². The Kier molecular flexibility index (Phi) is 3.16. The molecule has 0 spiro atoms. The van der Waals surface area contributed by atoms with Crippen molar-refractivity contribution in [2.75, 3.05) is 29.0 Å². The summed E-state index contributed by atoms with van der Waals surface area (Å²) in [4.78, 5) is 12.9. The lowest BCUT2D eigenvalue weighted by Gasteiger charge is -2.26. The number of nitrogens with zero attached hydrogens (tertiary/aromatic N) is 1. The number of anilines is 2. The minimum absolute atomic E-state index is 0.00351. The minimum atomic E-state index is -3.32. The fourth-order valence-corrected chi connectivity index (χ4v) is 2.22. The van der Waals surface area contributed by atoms with Gasteiger partial charge in [-0.1, -0.05) is 0 Å². The second kappa shape index (κ2) is 4.49. The predicted octanol–water partition coefficient (Wildman–Crippen LogP) is 0.803. The Labute approximate surface area is 106 Å². The third-order valence-electron chi connectivity index (χ3n) is 2.70. The Hall–Kier alpha value is -1.76. The number of amides is 1. The van der Waals surface area contributed by atoms with Crippen molar-refractivity contribution in [1.82, 2.24) is 0 Å². The molecule has 0 aliphatic carbocycles. The second-order valence-corrected chi connectivity index (χ2v) is 5.94. The number of carbonyl (C=O) groups is 1. The molecule has 1 N–H and O–H groups in total. The van der Waals surface area contributed by atoms with E-state index < -0.39 is 10.0 Å². The van der Waals surface area contributed by atoms with Crippen molar-refractivity contribution in [2.45, 2.75) is 6.92 Å². The number of ether oxygens (including phenoxy) is 1. The number of sulfonamides is 1. The van der Waals surface area contributed by atoms with Gasteiger partial charge in [-0.3, -0.25) is 9.52 Å². The summed E-state index contributed by atoms with van der Waals surface area (Å²) in [5, 5.41) is 0. The molecule has 98 valence electrons. The SMILES string of the molecule is CCS(=O)(=O)Nc1ccc2c(c1)N(C)C(=O)CO2. The summed E-state index contributed by atoms with van der Waals surface area (Å²) in [6, 6.07) is 4.83. The fourth-order valence-electron chi connectivity index (χ4n) is 1.59. The number of nitrogens with one attached hydrogen (secondary N) is 1. The third kappa shape index (κ3) is 2.40. The van der Waals surface area contributed by atoms with E-state index >= 15 is 0 Å². The molecule has 0 radical (unpaired) electrons. The van der Waals surface area contributed by atoms with E-state index in [9.17, 15) is 13.2 Å². The summed E-state index contributed by atoms with van der Waals surface area (Å²) in [6.07, 6.45) is 0. The molecule has 0 aromatic heterocycles. The minimum Gasteiger partial charge on any atom is -0.482 e. The Morgan fingerprint density at radius 1 is 1.44 bits per heavy atom. The largest absolute Gasteiger partial charge is 0.482 e. The van der Waals surface area contributed by atoms with Crippen molar-refractivity contribution in [3.63, 3.8) is 0 Å². The van der Waals surface area contributed by atoms with Gasteiger partial charge in [-0.05, 0) is 25.1 Å². The zero-order valence-corrected chi connectivity index (χ0v) is 11.0. The molecule has 0 fully saturated rings. The van der Waals surface area contributed by atoms with Crippen LogP contribution in [0.5, 0.6) is 5.75 Å². The molecule has 1 heterocycles. The van der Waals surface area contributed by atoms with E-state index in [0.717, 1.165) is 0 Å². The van der Waals surface area contributed by atoms with Crippen molar-refractivity contribution < 1.29 is 17.9 Å². The number of benzene rings is 1. The molecule has 1 aliphatic rings. The lowest BCUT2D eigenvalue weighted by Crippen LogP contribution is -2.35. The summed E-state index contributed by atoms with van der Waals surface area (Å²) < 4.78 is 30.6. The number of hydrogen-bond acceptors (Lipinski definition) is 4. The molecule has 0 bridgehead atoms. The number of fused-ring (bicyclic) bond motifs is 1. The smallest absolute Gasteiger partial charge is 0.264 e. The van der Waals surface area contributed by atoms with E-state index in [1.807, 2.05) is 0 Å². The van der Waals surface area contributed by atoms with Crippen LogP contribution in [0.4, 0.5) is 11.4 Å². The number of hydrogen-bond donors (Lipinski definition) is 1. The highest BCUT2D eigenvalue weighted by molar-refractivity contribution is 7.92. The van der Waals surface area contributed by atoms with Gasteiger partial charge in [0, 0.05) is 7.05 Å². The summed E-state index contributed by atoms with van der Waals surface area (Å²) in [6.45, 7) is 1.56. The molecule has 0 atom stereocenters. The van der Waals surface area contributed by atoms with E-state index in [1.165, 1.54) is 4.90 Å². The Morgan fingerprint density at radius 2 is 2.17 bits per heavy atom. The topological polar surface area (TPSA) is 75.7 Å². The third-order valence-corrected chi connectivity index (χ3v) is 4.01. The normalized spacial score (nSPS) is 15.0. The average Bonchev–Trinajstić information content (AvgIpc) is 2.34. The highest BCUT2D eigenvalue weighted by Gasteiger charge is 2.22. The van der Waals surface area contributed by atoms with E-state index in [-0.39, 0.29) is 18.3 Å². The maximum atomic E-state index is 11.5. The molecule has 2 rings (SSSR count). The highest BCUT2D eigenvalue weighted by Crippen LogP contribution is 2.33. The van der Waals surface area contributed by atoms with Crippen LogP contribution in [0, 0.1) is 0 Å². The maximum absolute atomic E-state index is 11.5. The lowest BCUT2D eigenvalue weighted by atomic mass is 10.2. The van der Waals surface area contributed by atoms with Gasteiger partial charge in [-0.2, -0.15) is 0 Å². The van der Waals surface area contributed by atoms with Crippen molar-refractivity contribution in [3.05, 3.63) is 18.2 Å². The lowest BCUT2D eigenvalue weighted by molar-refractivity contribution is -0.120. The molecule has 0 saturated heterocycles. The molecule has 1 aliphatic heterocycles. The van der Waals surface area contributed by atoms with Gasteiger partial charge in [-0.15, -0.1) is 0 Å². The fraction of sp³-hybridized carbons (Fsp3) is 0.364. The van der Waals surface area contributed by atoms with Gasteiger partial charge in [0.2, 0.25) is 10.0 Å². The second-order valence-electron chi connectivity index (χ2n) is 3.93. The van der Waals surface area contributed by atoms with Gasteiger partial charge in [0.1, 0.15) is 5.75 Å². The van der Waals surface area contributed by atoms with Gasteiger partial charge in [0.05, 0.1) is 17.1 Å². The zero-order valence-electron chi connectivity index (χ0n) is 10.1. The van der Waals surface area contributed by atoms with Gasteiger partial charge >= 0.3 is 0 Å². The van der Waals surface area contributed by atoms with E-state index in [1.54, 1.807) is 32.2 Å². The summed E-state index contributed by atoms with van der Waals surface area (Å²) in [7, 11) is -1.70. The van der Waals surface area contributed by atoms with Gasteiger partial charge in [0.25, 0.3) is 5.91 Å². The first-order valence-electron chi connectivity index (χ1n) is 5.47. The summed E-state index contributed by atoms with van der Waals surface area (Å²) in [5.74, 6) is 0.393. The molecular weight excluding hydrogens is 256 g/mol. The zero-order chi connectivity index (χ0) is 13.3. The van der Waals surface area contributed by atoms with Crippen LogP contribution in [0.1, 0.15) is 6.92 Å². The van der Waals surface area contributed by atoms with Crippen LogP contribution in [0.25, 0.3) is 0 Å². The van der Waals surface area contributed by atoms with E-state index in [0.29, 0.717) is 17.1 Å². The monoisotopic (exact) mass is 270 g/mol. The van der Waals surface area contributed by atoms with Crippen molar-refractivity contribution in [2.24, 2.45) is 0 Å². The summed E-state index contributed by atoms with van der Waals surface area (Å²) in [5.41, 5.74) is 0.975. The quantitative estimate of drug-likeness (QED) is 0.881. The maximum Gasteiger partial charge on any atom is 0.264 e. The van der Waals surface area contributed by atoms with Crippen molar-refractivity contribution >= 4 is 27.3 Å². The molecule has 1 aromatic rings. The highest BCUT2D eigenvalue weighted by atomic mass is 32.2. The van der Waals surface area contributed by atoms with Crippen LogP contribution in [-0.4, -0.2) is 33.7 Å². The number of rotatable bonds is 3. The molecule has 0 unspecified atom stereocenters. The van der Waals surface area contributed by atoms with Crippen LogP contribution in [0.2, 0.25) is 0 Å². The van der Waals surface area contributed by atoms with Crippen LogP contribution in [0.15, 0.2) is 18.2 Å². The molecule has 1 amide bonds. The van der Waals surface area contributed by atoms with E-state index in [2.05, 4.69) is 4.72 Å². The molecule has 0 saturated carbocycles. The van der Waals surface area contributed by atoms with Crippen LogP contribution >= 0.6 is 0 Å². The standard InChI is InChI=1S/C11H14N2O4S/c1-3-18(15,16)12-8-4-5-10-9(6-8)13(2)11(14)7-17-10/h4-6,12H,3,7H2,1-2H3. The molecule has 6 nitrogen and oxygen atoms in total. The van der Waals surface area contributed by atoms with Crippen molar-refractivity contribution in [1.29, 1.82) is 0 Å². The van der Waals surface area contributed by atoms with Gasteiger partial charge in [-0.25, -0.2) is 8.42 Å². The Morgan fingerprint density at radius 3 is 2.83 bits per heavy atom. The molecular formula is C11H14N2O4S. The Bertz CT molecular complexity index is 583.